The normalized spacial score (nSPS) is 16.1. The molecule has 1 saturated heterocycles. The molecule has 4 rings (SSSR count). The van der Waals surface area contributed by atoms with Gasteiger partial charge in [-0.15, -0.1) is 0 Å². The van der Waals surface area contributed by atoms with E-state index in [4.69, 9.17) is 9.47 Å². The standard InChI is InChI=1S/C23H28N4O4/c1-30-17-9-7-16(8-10-17)20(27-11-5-3-4-6-12-27)15-26-13-18-21(24-25-22(18)28)19(14-26)23(29)31-2/h7-10,13-14,20H,3-6,11-12,15H2,1-2H3,(H,25,28)/t20-/m1/s1. The van der Waals surface area contributed by atoms with Gasteiger partial charge in [-0.1, -0.05) is 25.0 Å². The van der Waals surface area contributed by atoms with Gasteiger partial charge in [0, 0.05) is 18.9 Å². The van der Waals surface area contributed by atoms with Gasteiger partial charge in [-0.25, -0.2) is 9.89 Å². The number of likely N-dealkylation sites (tertiary alicyclic amines) is 1. The van der Waals surface area contributed by atoms with E-state index in [1.807, 2.05) is 16.7 Å². The van der Waals surface area contributed by atoms with Gasteiger partial charge in [0.15, 0.2) is 0 Å². The van der Waals surface area contributed by atoms with Crippen molar-refractivity contribution < 1.29 is 14.3 Å². The molecule has 1 fully saturated rings. The molecular weight excluding hydrogens is 396 g/mol. The van der Waals surface area contributed by atoms with E-state index in [0.29, 0.717) is 17.8 Å². The quantitative estimate of drug-likeness (QED) is 0.612. The summed E-state index contributed by atoms with van der Waals surface area (Å²) in [5.41, 5.74) is 1.86. The molecule has 0 aliphatic carbocycles. The lowest BCUT2D eigenvalue weighted by molar-refractivity contribution is 0.0600. The van der Waals surface area contributed by atoms with Crippen molar-refractivity contribution in [3.63, 3.8) is 0 Å². The second-order valence-corrected chi connectivity index (χ2v) is 7.91. The number of pyridine rings is 1. The molecular formula is C23H28N4O4. The summed E-state index contributed by atoms with van der Waals surface area (Å²) in [6.07, 6.45) is 8.30. The molecule has 31 heavy (non-hydrogen) atoms. The van der Waals surface area contributed by atoms with Crippen molar-refractivity contribution in [3.05, 3.63) is 58.1 Å². The molecule has 1 atom stereocenters. The number of aromatic nitrogens is 3. The number of benzene rings is 1. The van der Waals surface area contributed by atoms with Gasteiger partial charge in [0.2, 0.25) is 0 Å². The van der Waals surface area contributed by atoms with Crippen molar-refractivity contribution in [3.8, 4) is 17.0 Å². The maximum Gasteiger partial charge on any atom is 0.341 e. The number of hydrogen-bond acceptors (Lipinski definition) is 6. The average molecular weight is 425 g/mol. The van der Waals surface area contributed by atoms with Gasteiger partial charge in [-0.05, 0) is 43.6 Å². The highest BCUT2D eigenvalue weighted by Gasteiger charge is 2.25. The van der Waals surface area contributed by atoms with E-state index in [-0.39, 0.29) is 17.2 Å². The van der Waals surface area contributed by atoms with E-state index in [1.165, 1.54) is 25.5 Å². The third-order valence-electron chi connectivity index (χ3n) is 5.99. The second-order valence-electron chi connectivity index (χ2n) is 7.91. The smallest absolute Gasteiger partial charge is 0.341 e. The Kier molecular flexibility index (Phi) is 6.36. The highest BCUT2D eigenvalue weighted by molar-refractivity contribution is 5.95. The number of methoxy groups -OCH3 is 2. The van der Waals surface area contributed by atoms with Gasteiger partial charge in [-0.2, -0.15) is 5.10 Å². The van der Waals surface area contributed by atoms with Crippen molar-refractivity contribution >= 4 is 5.97 Å². The van der Waals surface area contributed by atoms with Gasteiger partial charge < -0.3 is 14.0 Å². The Balaban J connectivity index is 1.74. The molecule has 164 valence electrons. The molecule has 0 radical (unpaired) electrons. The van der Waals surface area contributed by atoms with Gasteiger partial charge >= 0.3 is 5.97 Å². The van der Waals surface area contributed by atoms with Crippen LogP contribution in [0.15, 0.2) is 41.5 Å². The highest BCUT2D eigenvalue weighted by Crippen LogP contribution is 2.29. The lowest BCUT2D eigenvalue weighted by Crippen LogP contribution is -2.33. The molecule has 1 N–H and O–H groups in total. The van der Waals surface area contributed by atoms with Crippen LogP contribution in [0.5, 0.6) is 5.75 Å². The zero-order valence-electron chi connectivity index (χ0n) is 18.0. The lowest BCUT2D eigenvalue weighted by Gasteiger charge is -2.32. The summed E-state index contributed by atoms with van der Waals surface area (Å²) in [6, 6.07) is 8.22. The molecule has 3 aliphatic heterocycles. The van der Waals surface area contributed by atoms with Crippen LogP contribution in [0.3, 0.4) is 0 Å². The predicted octanol–water partition coefficient (Wildman–Crippen LogP) is 3.09. The van der Waals surface area contributed by atoms with Crippen molar-refractivity contribution in [1.29, 1.82) is 0 Å². The molecule has 0 aromatic heterocycles. The van der Waals surface area contributed by atoms with E-state index in [9.17, 15) is 9.59 Å². The number of hydrogen-bond donors (Lipinski definition) is 1. The zero-order valence-corrected chi connectivity index (χ0v) is 18.0. The zero-order chi connectivity index (χ0) is 21.8. The minimum absolute atomic E-state index is 0.0963. The summed E-state index contributed by atoms with van der Waals surface area (Å²) < 4.78 is 12.2. The van der Waals surface area contributed by atoms with Crippen molar-refractivity contribution in [2.75, 3.05) is 27.3 Å². The maximum absolute atomic E-state index is 12.3. The Morgan fingerprint density at radius 1 is 1.10 bits per heavy atom. The Hall–Kier alpha value is -3.13. The first kappa shape index (κ1) is 21.1. The van der Waals surface area contributed by atoms with E-state index < -0.39 is 5.97 Å². The van der Waals surface area contributed by atoms with Gasteiger partial charge in [0.1, 0.15) is 17.0 Å². The number of H-pyrrole nitrogens is 1. The number of nitrogens with one attached hydrogen (secondary N) is 1. The third-order valence-corrected chi connectivity index (χ3v) is 5.99. The van der Waals surface area contributed by atoms with Gasteiger partial charge in [-0.3, -0.25) is 9.69 Å². The minimum Gasteiger partial charge on any atom is -0.497 e. The summed E-state index contributed by atoms with van der Waals surface area (Å²) in [6.45, 7) is 2.63. The number of carbonyl (C=O) groups excluding carboxylic acids is 1. The summed E-state index contributed by atoms with van der Waals surface area (Å²) in [7, 11) is 2.99. The third kappa shape index (κ3) is 4.49. The van der Waals surface area contributed by atoms with Crippen molar-refractivity contribution in [1.82, 2.24) is 19.7 Å². The van der Waals surface area contributed by atoms with Crippen LogP contribution in [0, 0.1) is 0 Å². The fourth-order valence-corrected chi connectivity index (χ4v) is 4.32. The van der Waals surface area contributed by atoms with Gasteiger partial charge in [0.25, 0.3) is 5.56 Å². The number of fused-ring (bicyclic) bond motifs is 1. The minimum atomic E-state index is -0.512. The largest absolute Gasteiger partial charge is 0.497 e. The van der Waals surface area contributed by atoms with Crippen LogP contribution in [0.4, 0.5) is 0 Å². The summed E-state index contributed by atoms with van der Waals surface area (Å²) in [5, 5.41) is 6.45. The molecule has 3 heterocycles. The number of ether oxygens (including phenoxy) is 2. The Labute approximate surface area is 181 Å². The first-order valence-corrected chi connectivity index (χ1v) is 10.6. The van der Waals surface area contributed by atoms with Crippen LogP contribution >= 0.6 is 0 Å². The van der Waals surface area contributed by atoms with Gasteiger partial charge in [0.05, 0.1) is 25.8 Å². The fraction of sp³-hybridized carbons (Fsp3) is 0.435. The molecule has 0 spiro atoms. The number of esters is 1. The van der Waals surface area contributed by atoms with Crippen LogP contribution in [-0.4, -0.2) is 52.9 Å². The van der Waals surface area contributed by atoms with E-state index in [0.717, 1.165) is 31.7 Å². The van der Waals surface area contributed by atoms with Crippen LogP contribution < -0.4 is 10.3 Å². The highest BCUT2D eigenvalue weighted by atomic mass is 16.5. The second kappa shape index (κ2) is 9.34. The van der Waals surface area contributed by atoms with Crippen LogP contribution in [0.2, 0.25) is 0 Å². The van der Waals surface area contributed by atoms with Crippen LogP contribution in [0.1, 0.15) is 47.6 Å². The number of rotatable bonds is 6. The number of nitrogens with zero attached hydrogens (tertiary/aromatic N) is 3. The Morgan fingerprint density at radius 2 is 1.81 bits per heavy atom. The Bertz CT molecular complexity index is 1050. The molecule has 3 aliphatic rings. The molecule has 1 aromatic carbocycles. The molecule has 0 saturated carbocycles. The predicted molar refractivity (Wildman–Crippen MR) is 117 cm³/mol. The summed E-state index contributed by atoms with van der Waals surface area (Å²) >= 11 is 0. The lowest BCUT2D eigenvalue weighted by atomic mass is 10.0. The molecule has 0 bridgehead atoms. The first-order valence-electron chi connectivity index (χ1n) is 10.6. The van der Waals surface area contributed by atoms with Crippen LogP contribution in [-0.2, 0) is 11.3 Å². The summed E-state index contributed by atoms with van der Waals surface area (Å²) in [4.78, 5) is 27.1. The molecule has 0 unspecified atom stereocenters. The van der Waals surface area contributed by atoms with Crippen molar-refractivity contribution in [2.45, 2.75) is 38.3 Å². The first-order chi connectivity index (χ1) is 15.1. The van der Waals surface area contributed by atoms with Crippen LogP contribution in [0.25, 0.3) is 11.3 Å². The SMILES string of the molecule is COC(=O)c1cn(C[C@H](c2ccc(OC)cc2)N2CCCCCC2)cc2c(=O)[nH]nc1-2. The van der Waals surface area contributed by atoms with Crippen molar-refractivity contribution in [2.24, 2.45) is 0 Å². The number of carbonyl (C=O) groups is 1. The number of aromatic amines is 1. The van der Waals surface area contributed by atoms with E-state index >= 15 is 0 Å². The monoisotopic (exact) mass is 424 g/mol. The molecule has 1 aromatic rings. The summed E-state index contributed by atoms with van der Waals surface area (Å²) in [5.74, 6) is 0.302. The molecule has 0 amide bonds. The van der Waals surface area contributed by atoms with E-state index in [2.05, 4.69) is 27.2 Å². The Morgan fingerprint density at radius 3 is 2.45 bits per heavy atom. The molecule has 8 heteroatoms. The fourth-order valence-electron chi connectivity index (χ4n) is 4.32. The maximum atomic E-state index is 12.3. The molecule has 8 nitrogen and oxygen atoms in total. The topological polar surface area (TPSA) is 89.5 Å². The average Bonchev–Trinajstić information content (AvgIpc) is 3.00. The van der Waals surface area contributed by atoms with E-state index in [1.54, 1.807) is 19.5 Å².